The summed E-state index contributed by atoms with van der Waals surface area (Å²) in [5.41, 5.74) is 1.60. The van der Waals surface area contributed by atoms with Crippen LogP contribution in [-0.2, 0) is 22.7 Å². The SMILES string of the molecule is COc1ccc(/C(O)=C2\C(=O)C(=O)N(CCCn3ccnc3)C2c2ccc(OCc3ccccc3)cc2)cc1F. The summed E-state index contributed by atoms with van der Waals surface area (Å²) in [6.07, 6.45) is 5.72. The standard InChI is InChI=1S/C31H28FN3O5/c1-39-26-13-10-23(18-25(26)32)29(36)27-28(35(31(38)30(27)37)16-5-15-34-17-14-33-20-34)22-8-11-24(12-9-22)40-19-21-6-3-2-4-7-21/h2-4,6-14,17-18,20,28,36H,5,15-16,19H2,1H3/b29-27+. The average Bonchev–Trinajstić information content (AvgIpc) is 3.59. The average molecular weight is 542 g/mol. The van der Waals surface area contributed by atoms with Crippen LogP contribution in [0.5, 0.6) is 11.5 Å². The number of amides is 1. The molecule has 1 amide bonds. The second-order valence-electron chi connectivity index (χ2n) is 9.34. The molecule has 0 spiro atoms. The molecule has 204 valence electrons. The van der Waals surface area contributed by atoms with Crippen LogP contribution in [0.4, 0.5) is 4.39 Å². The molecule has 40 heavy (non-hydrogen) atoms. The van der Waals surface area contributed by atoms with Gasteiger partial charge in [-0.2, -0.15) is 0 Å². The number of nitrogens with zero attached hydrogens (tertiary/aromatic N) is 3. The van der Waals surface area contributed by atoms with Gasteiger partial charge in [-0.3, -0.25) is 9.59 Å². The number of carbonyl (C=O) groups excluding carboxylic acids is 2. The molecular formula is C31H28FN3O5. The summed E-state index contributed by atoms with van der Waals surface area (Å²) < 4.78 is 27.2. The van der Waals surface area contributed by atoms with E-state index in [1.54, 1.807) is 36.8 Å². The van der Waals surface area contributed by atoms with Crippen molar-refractivity contribution in [2.45, 2.75) is 25.6 Å². The van der Waals surface area contributed by atoms with Crippen molar-refractivity contribution in [2.24, 2.45) is 0 Å². The number of Topliss-reactive ketones (excluding diaryl/α,β-unsaturated/α-hetero) is 1. The Morgan fingerprint density at radius 3 is 2.48 bits per heavy atom. The Morgan fingerprint density at radius 2 is 1.80 bits per heavy atom. The number of halogens is 1. The fourth-order valence-corrected chi connectivity index (χ4v) is 4.76. The summed E-state index contributed by atoms with van der Waals surface area (Å²) in [4.78, 5) is 32.0. The molecule has 0 radical (unpaired) electrons. The van der Waals surface area contributed by atoms with Crippen LogP contribution in [0.15, 0.2) is 97.1 Å². The van der Waals surface area contributed by atoms with Crippen molar-refractivity contribution < 1.29 is 28.6 Å². The fraction of sp³-hybridized carbons (Fsp3) is 0.194. The number of likely N-dealkylation sites (tertiary alicyclic amines) is 1. The Kier molecular flexibility index (Phi) is 7.91. The third-order valence-corrected chi connectivity index (χ3v) is 6.78. The maximum absolute atomic E-state index is 14.5. The number of benzene rings is 3. The van der Waals surface area contributed by atoms with E-state index >= 15 is 0 Å². The maximum Gasteiger partial charge on any atom is 0.295 e. The van der Waals surface area contributed by atoms with Crippen molar-refractivity contribution in [1.82, 2.24) is 14.5 Å². The second-order valence-corrected chi connectivity index (χ2v) is 9.34. The maximum atomic E-state index is 14.5. The van der Waals surface area contributed by atoms with Gasteiger partial charge in [0.2, 0.25) is 0 Å². The molecule has 2 heterocycles. The van der Waals surface area contributed by atoms with Crippen molar-refractivity contribution in [2.75, 3.05) is 13.7 Å². The van der Waals surface area contributed by atoms with Crippen LogP contribution in [0.25, 0.3) is 5.76 Å². The highest BCUT2D eigenvalue weighted by molar-refractivity contribution is 6.46. The first-order valence-electron chi connectivity index (χ1n) is 12.8. The molecule has 0 saturated carbocycles. The van der Waals surface area contributed by atoms with E-state index in [9.17, 15) is 19.1 Å². The van der Waals surface area contributed by atoms with Gasteiger partial charge in [0.15, 0.2) is 11.6 Å². The predicted molar refractivity (Wildman–Crippen MR) is 146 cm³/mol. The summed E-state index contributed by atoms with van der Waals surface area (Å²) in [6.45, 7) is 1.23. The van der Waals surface area contributed by atoms with Gasteiger partial charge >= 0.3 is 0 Å². The normalized spacial score (nSPS) is 16.4. The number of aryl methyl sites for hydroxylation is 1. The van der Waals surface area contributed by atoms with Gasteiger partial charge in [0.25, 0.3) is 11.7 Å². The van der Waals surface area contributed by atoms with Crippen LogP contribution in [0.3, 0.4) is 0 Å². The van der Waals surface area contributed by atoms with E-state index in [2.05, 4.69) is 4.98 Å². The molecule has 1 atom stereocenters. The van der Waals surface area contributed by atoms with Crippen molar-refractivity contribution >= 4 is 17.4 Å². The summed E-state index contributed by atoms with van der Waals surface area (Å²) >= 11 is 0. The van der Waals surface area contributed by atoms with Crippen LogP contribution in [0, 0.1) is 5.82 Å². The summed E-state index contributed by atoms with van der Waals surface area (Å²) in [5, 5.41) is 11.2. The minimum absolute atomic E-state index is 0.000792. The van der Waals surface area contributed by atoms with Crippen LogP contribution in [0.2, 0.25) is 0 Å². The highest BCUT2D eigenvalue weighted by Crippen LogP contribution is 2.40. The molecule has 0 aliphatic carbocycles. The number of aliphatic hydroxyl groups is 1. The van der Waals surface area contributed by atoms with Crippen LogP contribution < -0.4 is 9.47 Å². The second kappa shape index (κ2) is 11.9. The molecule has 8 nitrogen and oxygen atoms in total. The summed E-state index contributed by atoms with van der Waals surface area (Å²) in [7, 11) is 1.33. The van der Waals surface area contributed by atoms with Gasteiger partial charge in [-0.25, -0.2) is 9.37 Å². The smallest absolute Gasteiger partial charge is 0.295 e. The third-order valence-electron chi connectivity index (χ3n) is 6.78. The predicted octanol–water partition coefficient (Wildman–Crippen LogP) is 5.12. The molecular weight excluding hydrogens is 513 g/mol. The fourth-order valence-electron chi connectivity index (χ4n) is 4.76. The zero-order chi connectivity index (χ0) is 28.1. The van der Waals surface area contributed by atoms with E-state index in [1.807, 2.05) is 41.1 Å². The number of ketones is 1. The molecule has 0 bridgehead atoms. The van der Waals surface area contributed by atoms with Crippen molar-refractivity contribution in [3.8, 4) is 11.5 Å². The highest BCUT2D eigenvalue weighted by Gasteiger charge is 2.45. The largest absolute Gasteiger partial charge is 0.507 e. The van der Waals surface area contributed by atoms with Gasteiger partial charge in [-0.1, -0.05) is 42.5 Å². The Balaban J connectivity index is 1.46. The Labute approximate surface area is 230 Å². The van der Waals surface area contributed by atoms with Gasteiger partial charge in [0.05, 0.1) is 25.1 Å². The Hall–Kier alpha value is -4.92. The number of hydrogen-bond acceptors (Lipinski definition) is 6. The minimum atomic E-state index is -0.865. The molecule has 4 aromatic rings. The van der Waals surface area contributed by atoms with Crippen molar-refractivity contribution in [1.29, 1.82) is 0 Å². The van der Waals surface area contributed by atoms with Gasteiger partial charge < -0.3 is 24.0 Å². The van der Waals surface area contributed by atoms with E-state index in [4.69, 9.17) is 9.47 Å². The lowest BCUT2D eigenvalue weighted by atomic mass is 9.95. The van der Waals surface area contributed by atoms with Gasteiger partial charge in [-0.05, 0) is 47.9 Å². The number of aliphatic hydroxyl groups excluding tert-OH is 1. The summed E-state index contributed by atoms with van der Waals surface area (Å²) in [5.74, 6) is -2.09. The van der Waals surface area contributed by atoms with Crippen LogP contribution in [0.1, 0.15) is 29.2 Å². The molecule has 1 fully saturated rings. The lowest BCUT2D eigenvalue weighted by Crippen LogP contribution is -2.31. The zero-order valence-electron chi connectivity index (χ0n) is 21.9. The highest BCUT2D eigenvalue weighted by atomic mass is 19.1. The Bertz CT molecular complexity index is 1520. The minimum Gasteiger partial charge on any atom is -0.507 e. The first kappa shape index (κ1) is 26.7. The quantitative estimate of drug-likeness (QED) is 0.170. The van der Waals surface area contributed by atoms with Gasteiger partial charge in [0, 0.05) is 31.0 Å². The molecule has 1 aliphatic rings. The molecule has 9 heteroatoms. The van der Waals surface area contributed by atoms with Crippen molar-refractivity contribution in [3.63, 3.8) is 0 Å². The van der Waals surface area contributed by atoms with Crippen LogP contribution in [-0.4, -0.2) is 44.9 Å². The number of aromatic nitrogens is 2. The van der Waals surface area contributed by atoms with Gasteiger partial charge in [0.1, 0.15) is 18.1 Å². The molecule has 5 rings (SSSR count). The van der Waals surface area contributed by atoms with Crippen molar-refractivity contribution in [3.05, 3.63) is 120 Å². The number of methoxy groups -OCH3 is 1. The first-order chi connectivity index (χ1) is 19.5. The molecule has 1 N–H and O–H groups in total. The van der Waals surface area contributed by atoms with E-state index in [0.717, 1.165) is 11.6 Å². The number of rotatable bonds is 10. The molecule has 1 unspecified atom stereocenters. The third kappa shape index (κ3) is 5.58. The molecule has 1 saturated heterocycles. The van der Waals surface area contributed by atoms with E-state index in [0.29, 0.717) is 30.9 Å². The van der Waals surface area contributed by atoms with Crippen LogP contribution >= 0.6 is 0 Å². The van der Waals surface area contributed by atoms with E-state index in [1.165, 1.54) is 24.1 Å². The lowest BCUT2D eigenvalue weighted by Gasteiger charge is -2.25. The molecule has 1 aromatic heterocycles. The summed E-state index contributed by atoms with van der Waals surface area (Å²) in [6, 6.07) is 19.8. The monoisotopic (exact) mass is 541 g/mol. The molecule has 3 aromatic carbocycles. The van der Waals surface area contributed by atoms with E-state index in [-0.39, 0.29) is 23.4 Å². The molecule has 1 aliphatic heterocycles. The van der Waals surface area contributed by atoms with Gasteiger partial charge in [-0.15, -0.1) is 0 Å². The zero-order valence-corrected chi connectivity index (χ0v) is 21.9. The lowest BCUT2D eigenvalue weighted by molar-refractivity contribution is -0.139. The Morgan fingerprint density at radius 1 is 1.02 bits per heavy atom. The first-order valence-corrected chi connectivity index (χ1v) is 12.8. The number of imidazole rings is 1. The number of ether oxygens (including phenoxy) is 2. The van der Waals surface area contributed by atoms with E-state index < -0.39 is 29.3 Å². The number of carbonyl (C=O) groups is 2. The topological polar surface area (TPSA) is 93.9 Å². The number of hydrogen-bond donors (Lipinski definition) is 1.